The van der Waals surface area contributed by atoms with Gasteiger partial charge in [-0.05, 0) is 67.7 Å². The van der Waals surface area contributed by atoms with Crippen LogP contribution in [0.5, 0.6) is 17.2 Å². The third-order valence-electron chi connectivity index (χ3n) is 6.42. The number of hydrogen-bond acceptors (Lipinski definition) is 5. The molecule has 7 nitrogen and oxygen atoms in total. The molecule has 0 unspecified atom stereocenters. The van der Waals surface area contributed by atoms with E-state index in [4.69, 9.17) is 26.4 Å². The van der Waals surface area contributed by atoms with Crippen molar-refractivity contribution in [3.8, 4) is 17.2 Å². The van der Waals surface area contributed by atoms with Gasteiger partial charge in [-0.3, -0.25) is 9.69 Å². The number of rotatable bonds is 5. The molecule has 2 N–H and O–H groups in total. The number of para-hydroxylation sites is 1. The monoisotopic (exact) mass is 553 g/mol. The van der Waals surface area contributed by atoms with E-state index in [9.17, 15) is 4.79 Å². The predicted octanol–water partition coefficient (Wildman–Crippen LogP) is 5.27. The fourth-order valence-corrected chi connectivity index (χ4v) is 5.63. The molecule has 3 aromatic rings. The van der Waals surface area contributed by atoms with E-state index in [0.29, 0.717) is 28.0 Å². The highest BCUT2D eigenvalue weighted by molar-refractivity contribution is 9.10. The molecule has 3 atom stereocenters. The summed E-state index contributed by atoms with van der Waals surface area (Å²) in [5.41, 5.74) is 1.11. The molecule has 1 fully saturated rings. The maximum Gasteiger partial charge on any atom is 0.236 e. The van der Waals surface area contributed by atoms with Crippen molar-refractivity contribution in [2.75, 3.05) is 24.4 Å². The number of carbonyl (C=O) groups is 1. The summed E-state index contributed by atoms with van der Waals surface area (Å²) in [5.74, 6) is 1.03. The summed E-state index contributed by atoms with van der Waals surface area (Å²) in [6, 6.07) is 20.2. The number of carbonyl (C=O) groups excluding carboxylic acids is 1. The first-order chi connectivity index (χ1) is 16.9. The van der Waals surface area contributed by atoms with Crippen LogP contribution in [0.25, 0.3) is 0 Å². The Morgan fingerprint density at radius 3 is 2.54 bits per heavy atom. The molecule has 0 spiro atoms. The lowest BCUT2D eigenvalue weighted by atomic mass is 9.78. The number of amides is 1. The topological polar surface area (TPSA) is 72.1 Å². The first kappa shape index (κ1) is 23.4. The highest BCUT2D eigenvalue weighted by atomic mass is 79.9. The van der Waals surface area contributed by atoms with Gasteiger partial charge in [0.25, 0.3) is 0 Å². The average molecular weight is 554 g/mol. The van der Waals surface area contributed by atoms with E-state index in [2.05, 4.69) is 26.6 Å². The third-order valence-corrected chi connectivity index (χ3v) is 7.21. The number of methoxy groups -OCH3 is 2. The Balaban J connectivity index is 1.62. The largest absolute Gasteiger partial charge is 0.497 e. The van der Waals surface area contributed by atoms with Crippen LogP contribution in [-0.2, 0) is 4.79 Å². The molecule has 2 aliphatic rings. The minimum absolute atomic E-state index is 0.203. The van der Waals surface area contributed by atoms with Gasteiger partial charge in [-0.15, -0.1) is 0 Å². The number of halogens is 1. The fourth-order valence-electron chi connectivity index (χ4n) is 4.83. The van der Waals surface area contributed by atoms with Crippen molar-refractivity contribution in [3.05, 3.63) is 76.8 Å². The van der Waals surface area contributed by atoms with Crippen LogP contribution in [0.4, 0.5) is 11.4 Å². The van der Waals surface area contributed by atoms with E-state index >= 15 is 0 Å². The van der Waals surface area contributed by atoms with Gasteiger partial charge >= 0.3 is 0 Å². The van der Waals surface area contributed by atoms with Gasteiger partial charge in [-0.25, -0.2) is 0 Å². The predicted molar refractivity (Wildman–Crippen MR) is 142 cm³/mol. The summed E-state index contributed by atoms with van der Waals surface area (Å²) in [6.45, 7) is 1.89. The minimum atomic E-state index is -1.15. The molecule has 2 bridgehead atoms. The summed E-state index contributed by atoms with van der Waals surface area (Å²) in [4.78, 5) is 15.7. The first-order valence-electron chi connectivity index (χ1n) is 11.0. The second-order valence-corrected chi connectivity index (χ2v) is 9.78. The molecule has 0 aromatic heterocycles. The molecule has 2 heterocycles. The molecule has 1 amide bonds. The second kappa shape index (κ2) is 9.05. The zero-order chi connectivity index (χ0) is 24.7. The lowest BCUT2D eigenvalue weighted by Crippen LogP contribution is -2.72. The molecule has 0 saturated carbocycles. The Labute approximate surface area is 217 Å². The molecule has 2 aliphatic heterocycles. The van der Waals surface area contributed by atoms with E-state index in [1.165, 1.54) is 0 Å². The lowest BCUT2D eigenvalue weighted by Gasteiger charge is -2.56. The average Bonchev–Trinajstić information content (AvgIpc) is 2.83. The van der Waals surface area contributed by atoms with Crippen LogP contribution in [0, 0.1) is 5.92 Å². The molecular weight excluding hydrogens is 530 g/mol. The standard InChI is InChI=1S/C26H24BrN3O4S/c1-26-21(24(31)28-16-10-12-18(32-2)13-11-16)22(19-8-5-9-20(33-3)23(19)34-26)29-25(35)30(26)17-7-4-6-15(27)14-17/h4-14,21-22H,1-3H3,(H,28,31)(H,29,35)/t21-,22-,26-/m0/s1. The molecule has 3 aromatic carbocycles. The van der Waals surface area contributed by atoms with Crippen molar-refractivity contribution in [2.45, 2.75) is 18.7 Å². The number of thiocarbonyl (C=S) groups is 1. The van der Waals surface area contributed by atoms with Crippen LogP contribution in [-0.4, -0.2) is 31.0 Å². The normalized spacial score (nSPS) is 22.4. The summed E-state index contributed by atoms with van der Waals surface area (Å²) < 4.78 is 18.4. The Morgan fingerprint density at radius 2 is 1.86 bits per heavy atom. The Kier molecular flexibility index (Phi) is 6.06. The van der Waals surface area contributed by atoms with E-state index in [0.717, 1.165) is 15.7 Å². The fraction of sp³-hybridized carbons (Fsp3) is 0.231. The highest BCUT2D eigenvalue weighted by Crippen LogP contribution is 2.52. The SMILES string of the molecule is COc1ccc(NC(=O)[C@@H]2[C@H]3NC(=S)N(c4cccc(Br)c4)[C@@]2(C)Oc2c(OC)cccc23)cc1. The summed E-state index contributed by atoms with van der Waals surface area (Å²) in [7, 11) is 3.20. The van der Waals surface area contributed by atoms with Gasteiger partial charge < -0.3 is 24.8 Å². The summed E-state index contributed by atoms with van der Waals surface area (Å²) in [5, 5.41) is 6.93. The zero-order valence-electron chi connectivity index (χ0n) is 19.4. The first-order valence-corrected chi connectivity index (χ1v) is 12.2. The van der Waals surface area contributed by atoms with E-state index in [1.807, 2.05) is 54.3 Å². The number of hydrogen-bond donors (Lipinski definition) is 2. The number of nitrogens with zero attached hydrogens (tertiary/aromatic N) is 1. The molecule has 35 heavy (non-hydrogen) atoms. The summed E-state index contributed by atoms with van der Waals surface area (Å²) in [6.07, 6.45) is 0. The molecule has 1 saturated heterocycles. The molecular formula is C26H24BrN3O4S. The van der Waals surface area contributed by atoms with E-state index in [-0.39, 0.29) is 5.91 Å². The van der Waals surface area contributed by atoms with E-state index < -0.39 is 17.7 Å². The number of benzene rings is 3. The maximum atomic E-state index is 13.9. The van der Waals surface area contributed by atoms with Crippen LogP contribution in [0.3, 0.4) is 0 Å². The van der Waals surface area contributed by atoms with Crippen LogP contribution >= 0.6 is 28.1 Å². The van der Waals surface area contributed by atoms with Gasteiger partial charge in [0.05, 0.1) is 20.3 Å². The van der Waals surface area contributed by atoms with Gasteiger partial charge in [-0.1, -0.05) is 34.1 Å². The maximum absolute atomic E-state index is 13.9. The van der Waals surface area contributed by atoms with Crippen molar-refractivity contribution in [1.82, 2.24) is 5.32 Å². The summed E-state index contributed by atoms with van der Waals surface area (Å²) >= 11 is 9.35. The van der Waals surface area contributed by atoms with Gasteiger partial charge in [0, 0.05) is 21.4 Å². The van der Waals surface area contributed by atoms with Crippen molar-refractivity contribution >= 4 is 50.5 Å². The number of nitrogens with one attached hydrogen (secondary N) is 2. The Morgan fingerprint density at radius 1 is 1.11 bits per heavy atom. The van der Waals surface area contributed by atoms with Gasteiger partial charge in [0.1, 0.15) is 11.7 Å². The second-order valence-electron chi connectivity index (χ2n) is 8.47. The molecule has 0 radical (unpaired) electrons. The quantitative estimate of drug-likeness (QED) is 0.417. The van der Waals surface area contributed by atoms with Gasteiger partial charge in [0.15, 0.2) is 22.3 Å². The van der Waals surface area contributed by atoms with Crippen molar-refractivity contribution in [2.24, 2.45) is 5.92 Å². The van der Waals surface area contributed by atoms with Crippen molar-refractivity contribution in [1.29, 1.82) is 0 Å². The van der Waals surface area contributed by atoms with Gasteiger partial charge in [0.2, 0.25) is 5.91 Å². The molecule has 180 valence electrons. The van der Waals surface area contributed by atoms with Crippen molar-refractivity contribution < 1.29 is 19.0 Å². The Bertz CT molecular complexity index is 1300. The van der Waals surface area contributed by atoms with E-state index in [1.54, 1.807) is 38.5 Å². The number of ether oxygens (including phenoxy) is 3. The molecule has 9 heteroatoms. The van der Waals surface area contributed by atoms with Crippen LogP contribution in [0.1, 0.15) is 18.5 Å². The van der Waals surface area contributed by atoms with Crippen LogP contribution < -0.4 is 29.7 Å². The van der Waals surface area contributed by atoms with Crippen LogP contribution in [0.2, 0.25) is 0 Å². The lowest BCUT2D eigenvalue weighted by molar-refractivity contribution is -0.130. The number of fused-ring (bicyclic) bond motifs is 4. The minimum Gasteiger partial charge on any atom is -0.497 e. The highest BCUT2D eigenvalue weighted by Gasteiger charge is 2.59. The molecule has 0 aliphatic carbocycles. The van der Waals surface area contributed by atoms with Crippen molar-refractivity contribution in [3.63, 3.8) is 0 Å². The Hall–Kier alpha value is -3.30. The zero-order valence-corrected chi connectivity index (χ0v) is 21.8. The smallest absolute Gasteiger partial charge is 0.236 e. The third kappa shape index (κ3) is 3.98. The number of anilines is 2. The molecule has 5 rings (SSSR count). The van der Waals surface area contributed by atoms with Crippen LogP contribution in [0.15, 0.2) is 71.2 Å². The van der Waals surface area contributed by atoms with Gasteiger partial charge in [-0.2, -0.15) is 0 Å².